The molecule has 0 aliphatic carbocycles. The molecule has 2 heteroatoms. The first kappa shape index (κ1) is 6.83. The van der Waals surface area contributed by atoms with Gasteiger partial charge in [0.05, 0.1) is 11.3 Å². The minimum absolute atomic E-state index is 0.242. The van der Waals surface area contributed by atoms with E-state index in [1.165, 1.54) is 0 Å². The van der Waals surface area contributed by atoms with Crippen molar-refractivity contribution < 1.29 is 5.11 Å². The summed E-state index contributed by atoms with van der Waals surface area (Å²) >= 11 is 5.41. The highest BCUT2D eigenvalue weighted by Gasteiger charge is 1.95. The zero-order valence-electron chi connectivity index (χ0n) is 4.48. The monoisotopic (exact) mass is 120 g/mol. The summed E-state index contributed by atoms with van der Waals surface area (Å²) in [5, 5.41) is 8.71. The molecule has 0 spiro atoms. The van der Waals surface area contributed by atoms with E-state index in [-0.39, 0.29) is 5.92 Å². The summed E-state index contributed by atoms with van der Waals surface area (Å²) in [4.78, 5) is 0. The Morgan fingerprint density at radius 2 is 2.14 bits per heavy atom. The van der Waals surface area contributed by atoms with Gasteiger partial charge in [-0.15, -0.1) is 0 Å². The molecule has 0 atom stereocenters. The SMILES string of the molecule is CC(C)/C(Cl)=C/O. The highest BCUT2D eigenvalue weighted by atomic mass is 35.5. The van der Waals surface area contributed by atoms with Crippen molar-refractivity contribution in [2.75, 3.05) is 0 Å². The second-order valence-corrected chi connectivity index (χ2v) is 2.11. The second kappa shape index (κ2) is 2.92. The Balaban J connectivity index is 3.56. The predicted octanol–water partition coefficient (Wildman–Crippen LogP) is 2.28. The summed E-state index contributed by atoms with van der Waals surface area (Å²) in [7, 11) is 0. The summed E-state index contributed by atoms with van der Waals surface area (Å²) in [6.07, 6.45) is 0.923. The van der Waals surface area contributed by atoms with Gasteiger partial charge in [-0.1, -0.05) is 25.4 Å². The lowest BCUT2D eigenvalue weighted by Crippen LogP contribution is -1.83. The standard InChI is InChI=1S/C5H9ClO/c1-4(2)5(6)3-7/h3-4,7H,1-2H3/b5-3-. The van der Waals surface area contributed by atoms with E-state index in [1.807, 2.05) is 13.8 Å². The van der Waals surface area contributed by atoms with Gasteiger partial charge >= 0.3 is 0 Å². The van der Waals surface area contributed by atoms with Crippen molar-refractivity contribution >= 4 is 11.6 Å². The number of hydrogen-bond donors (Lipinski definition) is 1. The molecule has 0 aromatic heterocycles. The molecule has 0 fully saturated rings. The van der Waals surface area contributed by atoms with Crippen molar-refractivity contribution in [1.82, 2.24) is 0 Å². The first-order chi connectivity index (χ1) is 3.18. The van der Waals surface area contributed by atoms with E-state index in [2.05, 4.69) is 0 Å². The molecule has 42 valence electrons. The van der Waals surface area contributed by atoms with Gasteiger partial charge in [0.1, 0.15) is 0 Å². The molecule has 0 aromatic carbocycles. The Morgan fingerprint density at radius 3 is 2.14 bits per heavy atom. The lowest BCUT2D eigenvalue weighted by Gasteiger charge is -1.96. The van der Waals surface area contributed by atoms with Gasteiger partial charge in [-0.3, -0.25) is 0 Å². The maximum atomic E-state index is 8.21. The van der Waals surface area contributed by atoms with Crippen molar-refractivity contribution in [2.24, 2.45) is 5.92 Å². The van der Waals surface area contributed by atoms with Crippen LogP contribution in [0.1, 0.15) is 13.8 Å². The Hall–Kier alpha value is -0.170. The first-order valence-electron chi connectivity index (χ1n) is 2.18. The van der Waals surface area contributed by atoms with Crippen LogP contribution in [-0.2, 0) is 0 Å². The molecule has 0 unspecified atom stereocenters. The van der Waals surface area contributed by atoms with Crippen molar-refractivity contribution in [1.29, 1.82) is 0 Å². The molecule has 7 heavy (non-hydrogen) atoms. The molecule has 1 nitrogen and oxygen atoms in total. The van der Waals surface area contributed by atoms with Gasteiger partial charge in [-0.25, -0.2) is 0 Å². The second-order valence-electron chi connectivity index (χ2n) is 1.67. The summed E-state index contributed by atoms with van der Waals surface area (Å²) in [5.41, 5.74) is 0. The number of allylic oxidation sites excluding steroid dienone is 1. The lowest BCUT2D eigenvalue weighted by molar-refractivity contribution is 0.464. The zero-order valence-corrected chi connectivity index (χ0v) is 5.24. The van der Waals surface area contributed by atoms with Gasteiger partial charge in [0.2, 0.25) is 0 Å². The van der Waals surface area contributed by atoms with Gasteiger partial charge in [0.25, 0.3) is 0 Å². The van der Waals surface area contributed by atoms with Gasteiger partial charge in [-0.2, -0.15) is 0 Å². The zero-order chi connectivity index (χ0) is 5.86. The van der Waals surface area contributed by atoms with Gasteiger partial charge in [0, 0.05) is 0 Å². The topological polar surface area (TPSA) is 20.2 Å². The fraction of sp³-hybridized carbons (Fsp3) is 0.600. The Morgan fingerprint density at radius 1 is 1.71 bits per heavy atom. The van der Waals surface area contributed by atoms with Crippen molar-refractivity contribution in [3.8, 4) is 0 Å². The van der Waals surface area contributed by atoms with Crippen LogP contribution in [0.3, 0.4) is 0 Å². The van der Waals surface area contributed by atoms with E-state index in [0.717, 1.165) is 6.26 Å². The predicted molar refractivity (Wildman–Crippen MR) is 31.4 cm³/mol. The van der Waals surface area contributed by atoms with E-state index in [1.54, 1.807) is 0 Å². The van der Waals surface area contributed by atoms with Crippen LogP contribution in [-0.4, -0.2) is 5.11 Å². The molecule has 0 aliphatic rings. The van der Waals surface area contributed by atoms with Crippen molar-refractivity contribution in [3.05, 3.63) is 11.3 Å². The highest BCUT2D eigenvalue weighted by Crippen LogP contribution is 2.11. The quantitative estimate of drug-likeness (QED) is 0.527. The van der Waals surface area contributed by atoms with Crippen molar-refractivity contribution in [2.45, 2.75) is 13.8 Å². The smallest absolute Gasteiger partial charge is 0.0939 e. The Labute approximate surface area is 48.6 Å². The number of halogens is 1. The van der Waals surface area contributed by atoms with Crippen LogP contribution in [0.15, 0.2) is 11.3 Å². The average Bonchev–Trinajstić information content (AvgIpc) is 1.65. The number of hydrogen-bond acceptors (Lipinski definition) is 1. The van der Waals surface area contributed by atoms with E-state index < -0.39 is 0 Å². The first-order valence-corrected chi connectivity index (χ1v) is 2.56. The summed E-state index contributed by atoms with van der Waals surface area (Å²) < 4.78 is 0. The van der Waals surface area contributed by atoms with Gasteiger partial charge < -0.3 is 5.11 Å². The van der Waals surface area contributed by atoms with Crippen molar-refractivity contribution in [3.63, 3.8) is 0 Å². The van der Waals surface area contributed by atoms with Crippen LogP contribution in [0.2, 0.25) is 0 Å². The molecule has 0 radical (unpaired) electrons. The van der Waals surface area contributed by atoms with E-state index in [4.69, 9.17) is 16.7 Å². The fourth-order valence-electron chi connectivity index (χ4n) is 0.149. The summed E-state index contributed by atoms with van der Waals surface area (Å²) in [6.45, 7) is 3.82. The number of rotatable bonds is 1. The maximum Gasteiger partial charge on any atom is 0.0939 e. The summed E-state index contributed by atoms with van der Waals surface area (Å²) in [6, 6.07) is 0. The van der Waals surface area contributed by atoms with Crippen LogP contribution in [0.5, 0.6) is 0 Å². The number of aliphatic hydroxyl groups is 1. The molecule has 0 saturated heterocycles. The van der Waals surface area contributed by atoms with Gasteiger partial charge in [-0.05, 0) is 5.92 Å². The normalized spacial score (nSPS) is 12.9. The minimum atomic E-state index is 0.242. The molecular formula is C5H9ClO. The molecule has 0 aromatic rings. The minimum Gasteiger partial charge on any atom is -0.514 e. The third kappa shape index (κ3) is 2.52. The van der Waals surface area contributed by atoms with Crippen LogP contribution < -0.4 is 0 Å². The van der Waals surface area contributed by atoms with E-state index >= 15 is 0 Å². The molecule has 0 bridgehead atoms. The molecule has 0 aliphatic heterocycles. The molecule has 0 rings (SSSR count). The maximum absolute atomic E-state index is 8.21. The van der Waals surface area contributed by atoms with Crippen LogP contribution in [0, 0.1) is 5.92 Å². The fourth-order valence-corrected chi connectivity index (χ4v) is 0.149. The average molecular weight is 121 g/mol. The molecule has 0 heterocycles. The molecule has 0 amide bonds. The van der Waals surface area contributed by atoms with Crippen LogP contribution in [0.25, 0.3) is 0 Å². The van der Waals surface area contributed by atoms with Crippen LogP contribution in [0.4, 0.5) is 0 Å². The lowest BCUT2D eigenvalue weighted by atomic mass is 10.2. The number of aliphatic hydroxyl groups excluding tert-OH is 1. The molecular weight excluding hydrogens is 112 g/mol. The van der Waals surface area contributed by atoms with Crippen LogP contribution >= 0.6 is 11.6 Å². The Bertz CT molecular complexity index is 76.1. The largest absolute Gasteiger partial charge is 0.514 e. The molecule has 0 saturated carbocycles. The van der Waals surface area contributed by atoms with E-state index in [0.29, 0.717) is 5.03 Å². The Kier molecular flexibility index (Phi) is 2.84. The third-order valence-electron chi connectivity index (χ3n) is 0.675. The third-order valence-corrected chi connectivity index (χ3v) is 1.21. The van der Waals surface area contributed by atoms with Gasteiger partial charge in [0.15, 0.2) is 0 Å². The van der Waals surface area contributed by atoms with E-state index in [9.17, 15) is 0 Å². The summed E-state index contributed by atoms with van der Waals surface area (Å²) in [5.74, 6) is 0.242. The highest BCUT2D eigenvalue weighted by molar-refractivity contribution is 6.29. The molecule has 1 N–H and O–H groups in total.